The number of carbonyl (C=O) groups is 1. The minimum Gasteiger partial charge on any atom is -0.497 e. The molecule has 1 aromatic rings. The Hall–Kier alpha value is -1.60. The number of nitrogens with one attached hydrogen (secondary N) is 1. The topological polar surface area (TPSA) is 75.7 Å². The lowest BCUT2D eigenvalue weighted by molar-refractivity contribution is 0.0956. The largest absolute Gasteiger partial charge is 0.497 e. The van der Waals surface area contributed by atoms with E-state index < -0.39 is 10.0 Å². The number of methoxy groups -OCH3 is 1. The van der Waals surface area contributed by atoms with Gasteiger partial charge in [-0.1, -0.05) is 6.42 Å². The number of sulfonamides is 1. The number of carbonyl (C=O) groups excluding carboxylic acids is 1. The summed E-state index contributed by atoms with van der Waals surface area (Å²) in [7, 11) is -1.81. The van der Waals surface area contributed by atoms with Crippen LogP contribution in [0.15, 0.2) is 24.3 Å². The normalized spacial score (nSPS) is 22.1. The lowest BCUT2D eigenvalue weighted by Crippen LogP contribution is -2.49. The lowest BCUT2D eigenvalue weighted by Gasteiger charge is -2.37. The first-order valence-corrected chi connectivity index (χ1v) is 9.89. The van der Waals surface area contributed by atoms with Gasteiger partial charge in [0.15, 0.2) is 0 Å². The maximum atomic E-state index is 12.6. The molecule has 0 spiro atoms. The molecule has 0 aromatic heterocycles. The van der Waals surface area contributed by atoms with E-state index in [1.165, 1.54) is 0 Å². The second-order valence-electron chi connectivity index (χ2n) is 6.26. The Balaban J connectivity index is 1.91. The summed E-state index contributed by atoms with van der Waals surface area (Å²) >= 11 is 0. The minimum atomic E-state index is -3.37. The van der Waals surface area contributed by atoms with E-state index in [1.54, 1.807) is 35.7 Å². The minimum absolute atomic E-state index is 0.0241. The SMILES string of the molecule is COc1ccc(C(=O)NCCS(=O)(=O)N2[C@H](C)CCC[C@H]2C)cc1. The highest BCUT2D eigenvalue weighted by Gasteiger charge is 2.34. The fourth-order valence-electron chi connectivity index (χ4n) is 3.19. The summed E-state index contributed by atoms with van der Waals surface area (Å²) in [6.07, 6.45) is 2.84. The van der Waals surface area contributed by atoms with Crippen LogP contribution in [0.2, 0.25) is 0 Å². The fourth-order valence-corrected chi connectivity index (χ4v) is 5.07. The highest BCUT2D eigenvalue weighted by molar-refractivity contribution is 7.89. The number of hydrogen-bond donors (Lipinski definition) is 1. The molecule has 2 atom stereocenters. The number of benzene rings is 1. The third-order valence-electron chi connectivity index (χ3n) is 4.43. The Labute approximate surface area is 144 Å². The van der Waals surface area contributed by atoms with Gasteiger partial charge in [-0.15, -0.1) is 0 Å². The molecule has 1 amide bonds. The van der Waals surface area contributed by atoms with Gasteiger partial charge in [0.25, 0.3) is 5.91 Å². The summed E-state index contributed by atoms with van der Waals surface area (Å²) in [5.41, 5.74) is 0.480. The van der Waals surface area contributed by atoms with Crippen molar-refractivity contribution in [1.29, 1.82) is 0 Å². The third-order valence-corrected chi connectivity index (χ3v) is 6.51. The molecular weight excluding hydrogens is 328 g/mol. The van der Waals surface area contributed by atoms with E-state index in [9.17, 15) is 13.2 Å². The summed E-state index contributed by atoms with van der Waals surface area (Å²) in [6.45, 7) is 4.00. The molecule has 0 aliphatic carbocycles. The molecule has 1 heterocycles. The molecule has 1 aromatic carbocycles. The zero-order valence-corrected chi connectivity index (χ0v) is 15.3. The van der Waals surface area contributed by atoms with E-state index in [1.807, 2.05) is 13.8 Å². The highest BCUT2D eigenvalue weighted by atomic mass is 32.2. The fraction of sp³-hybridized carbons (Fsp3) is 0.588. The molecule has 2 rings (SSSR count). The van der Waals surface area contributed by atoms with Crippen LogP contribution in [0.5, 0.6) is 5.75 Å². The molecule has 134 valence electrons. The molecule has 0 unspecified atom stereocenters. The maximum absolute atomic E-state index is 12.6. The van der Waals surface area contributed by atoms with Crippen molar-refractivity contribution < 1.29 is 17.9 Å². The average Bonchev–Trinajstić information content (AvgIpc) is 2.54. The van der Waals surface area contributed by atoms with Gasteiger partial charge in [0.2, 0.25) is 10.0 Å². The van der Waals surface area contributed by atoms with Crippen molar-refractivity contribution in [3.05, 3.63) is 29.8 Å². The summed E-state index contributed by atoms with van der Waals surface area (Å²) in [5.74, 6) is 0.304. The van der Waals surface area contributed by atoms with Crippen LogP contribution in [-0.2, 0) is 10.0 Å². The molecule has 24 heavy (non-hydrogen) atoms. The average molecular weight is 354 g/mol. The van der Waals surface area contributed by atoms with Crippen molar-refractivity contribution in [2.24, 2.45) is 0 Å². The van der Waals surface area contributed by atoms with Gasteiger partial charge >= 0.3 is 0 Å². The van der Waals surface area contributed by atoms with Gasteiger partial charge in [-0.25, -0.2) is 8.42 Å². The van der Waals surface area contributed by atoms with E-state index in [4.69, 9.17) is 4.74 Å². The number of ether oxygens (including phenoxy) is 1. The van der Waals surface area contributed by atoms with Crippen molar-refractivity contribution in [3.63, 3.8) is 0 Å². The van der Waals surface area contributed by atoms with E-state index in [2.05, 4.69) is 5.32 Å². The molecule has 1 aliphatic heterocycles. The van der Waals surface area contributed by atoms with E-state index in [0.29, 0.717) is 11.3 Å². The summed E-state index contributed by atoms with van der Waals surface area (Å²) in [5, 5.41) is 2.68. The summed E-state index contributed by atoms with van der Waals surface area (Å²) in [4.78, 5) is 12.1. The first kappa shape index (κ1) is 18.7. The zero-order chi connectivity index (χ0) is 17.7. The molecule has 1 aliphatic rings. The molecule has 6 nitrogen and oxygen atoms in total. The van der Waals surface area contributed by atoms with Crippen LogP contribution in [-0.4, -0.2) is 50.1 Å². The first-order valence-electron chi connectivity index (χ1n) is 8.28. The Bertz CT molecular complexity index is 648. The Morgan fingerprint density at radius 3 is 2.33 bits per heavy atom. The van der Waals surface area contributed by atoms with Gasteiger partial charge in [-0.2, -0.15) is 4.31 Å². The molecule has 0 saturated carbocycles. The predicted molar refractivity (Wildman–Crippen MR) is 93.7 cm³/mol. The number of hydrogen-bond acceptors (Lipinski definition) is 4. The van der Waals surface area contributed by atoms with Crippen molar-refractivity contribution in [1.82, 2.24) is 9.62 Å². The van der Waals surface area contributed by atoms with Crippen molar-refractivity contribution in [2.75, 3.05) is 19.4 Å². The van der Waals surface area contributed by atoms with E-state index in [0.717, 1.165) is 19.3 Å². The second-order valence-corrected chi connectivity index (χ2v) is 8.25. The van der Waals surface area contributed by atoms with Crippen LogP contribution in [0.25, 0.3) is 0 Å². The monoisotopic (exact) mass is 354 g/mol. The third kappa shape index (κ3) is 4.48. The van der Waals surface area contributed by atoms with Gasteiger partial charge in [0.05, 0.1) is 12.9 Å². The van der Waals surface area contributed by atoms with Crippen molar-refractivity contribution in [2.45, 2.75) is 45.2 Å². The Kier molecular flexibility index (Phi) is 6.23. The second kappa shape index (κ2) is 7.98. The summed E-state index contributed by atoms with van der Waals surface area (Å²) in [6, 6.07) is 6.74. The molecular formula is C17H26N2O4S. The number of rotatable bonds is 6. The molecule has 0 bridgehead atoms. The number of amides is 1. The van der Waals surface area contributed by atoms with Gasteiger partial charge < -0.3 is 10.1 Å². The lowest BCUT2D eigenvalue weighted by atomic mass is 10.0. The van der Waals surface area contributed by atoms with Crippen LogP contribution in [0.3, 0.4) is 0 Å². The van der Waals surface area contributed by atoms with Crippen LogP contribution < -0.4 is 10.1 Å². The van der Waals surface area contributed by atoms with Gasteiger partial charge in [0, 0.05) is 24.2 Å². The first-order chi connectivity index (χ1) is 11.3. The molecule has 1 N–H and O–H groups in total. The molecule has 1 fully saturated rings. The standard InChI is InChI=1S/C17H26N2O4S/c1-13-5-4-6-14(2)19(13)24(21,22)12-11-18-17(20)15-7-9-16(23-3)10-8-15/h7-10,13-14H,4-6,11-12H2,1-3H3,(H,18,20)/t13-,14-/m1/s1. The Morgan fingerprint density at radius 2 is 1.79 bits per heavy atom. The highest BCUT2D eigenvalue weighted by Crippen LogP contribution is 2.25. The summed E-state index contributed by atoms with van der Waals surface area (Å²) < 4.78 is 31.8. The predicted octanol–water partition coefficient (Wildman–Crippen LogP) is 2.02. The van der Waals surface area contributed by atoms with Gasteiger partial charge in [-0.3, -0.25) is 4.79 Å². The van der Waals surface area contributed by atoms with Crippen LogP contribution in [0, 0.1) is 0 Å². The quantitative estimate of drug-likeness (QED) is 0.848. The number of piperidine rings is 1. The molecule has 0 radical (unpaired) electrons. The van der Waals surface area contributed by atoms with Gasteiger partial charge in [0.1, 0.15) is 5.75 Å². The Morgan fingerprint density at radius 1 is 1.21 bits per heavy atom. The number of nitrogens with zero attached hydrogens (tertiary/aromatic N) is 1. The smallest absolute Gasteiger partial charge is 0.251 e. The maximum Gasteiger partial charge on any atom is 0.251 e. The van der Waals surface area contributed by atoms with Gasteiger partial charge in [-0.05, 0) is 51.0 Å². The molecule has 1 saturated heterocycles. The zero-order valence-electron chi connectivity index (χ0n) is 14.5. The van der Waals surface area contributed by atoms with Crippen LogP contribution >= 0.6 is 0 Å². The van der Waals surface area contributed by atoms with Crippen LogP contribution in [0.1, 0.15) is 43.5 Å². The van der Waals surface area contributed by atoms with Crippen molar-refractivity contribution >= 4 is 15.9 Å². The van der Waals surface area contributed by atoms with Crippen LogP contribution in [0.4, 0.5) is 0 Å². The van der Waals surface area contributed by atoms with E-state index >= 15 is 0 Å². The van der Waals surface area contributed by atoms with Crippen molar-refractivity contribution in [3.8, 4) is 5.75 Å². The van der Waals surface area contributed by atoms with E-state index in [-0.39, 0.29) is 30.3 Å². The molecule has 7 heteroatoms.